The third-order valence-corrected chi connectivity index (χ3v) is 5.64. The van der Waals surface area contributed by atoms with Gasteiger partial charge < -0.3 is 4.74 Å². The molecule has 0 bridgehead atoms. The van der Waals surface area contributed by atoms with Gasteiger partial charge in [-0.15, -0.1) is 0 Å². The van der Waals surface area contributed by atoms with Gasteiger partial charge in [-0.25, -0.2) is 0 Å². The Morgan fingerprint density at radius 1 is 0.516 bits per heavy atom. The Bertz CT molecular complexity index is 682. The van der Waals surface area contributed by atoms with Crippen LogP contribution >= 0.6 is 0 Å². The smallest absolute Gasteiger partial charge is 0.119 e. The van der Waals surface area contributed by atoms with E-state index in [4.69, 9.17) is 4.74 Å². The fourth-order valence-corrected chi connectivity index (χ4v) is 3.71. The number of hydrogen-bond acceptors (Lipinski definition) is 3. The highest BCUT2D eigenvalue weighted by molar-refractivity contribution is 5.42. The van der Waals surface area contributed by atoms with E-state index in [0.29, 0.717) is 0 Å². The van der Waals surface area contributed by atoms with Crippen molar-refractivity contribution in [2.45, 2.75) is 96.8 Å². The third kappa shape index (κ3) is 13.0. The molecular weight excluding hydrogens is 380 g/mol. The number of rotatable bonds is 18. The SMILES string of the molecule is CCCCCCCCCCCCCCCCOc1ccc(N=Nc2ccccc2)cc1. The van der Waals surface area contributed by atoms with E-state index in [2.05, 4.69) is 17.2 Å². The van der Waals surface area contributed by atoms with Crippen LogP contribution in [0.25, 0.3) is 0 Å². The minimum absolute atomic E-state index is 0.795. The molecule has 2 aromatic carbocycles. The Morgan fingerprint density at radius 2 is 0.968 bits per heavy atom. The summed E-state index contributed by atoms with van der Waals surface area (Å²) in [7, 11) is 0. The van der Waals surface area contributed by atoms with Crippen molar-refractivity contribution in [1.29, 1.82) is 0 Å². The van der Waals surface area contributed by atoms with Crippen LogP contribution in [0, 0.1) is 0 Å². The van der Waals surface area contributed by atoms with Crippen LogP contribution in [0.5, 0.6) is 5.75 Å². The van der Waals surface area contributed by atoms with Crippen LogP contribution in [0.15, 0.2) is 64.8 Å². The van der Waals surface area contributed by atoms with Crippen molar-refractivity contribution >= 4 is 11.4 Å². The molecule has 3 nitrogen and oxygen atoms in total. The average Bonchev–Trinajstić information content (AvgIpc) is 2.81. The average molecular weight is 423 g/mol. The van der Waals surface area contributed by atoms with Gasteiger partial charge in [-0.1, -0.05) is 109 Å². The highest BCUT2D eigenvalue weighted by atomic mass is 16.5. The number of benzene rings is 2. The third-order valence-electron chi connectivity index (χ3n) is 5.64. The maximum absolute atomic E-state index is 5.86. The number of ether oxygens (including phenoxy) is 1. The molecule has 0 N–H and O–H groups in total. The van der Waals surface area contributed by atoms with Gasteiger partial charge in [0.25, 0.3) is 0 Å². The molecule has 0 aliphatic rings. The summed E-state index contributed by atoms with van der Waals surface area (Å²) in [5.41, 5.74) is 1.70. The highest BCUT2D eigenvalue weighted by Gasteiger charge is 1.97. The predicted octanol–water partition coefficient (Wildman–Crippen LogP) is 9.96. The van der Waals surface area contributed by atoms with Crippen LogP contribution in [-0.2, 0) is 0 Å². The molecular formula is C28H42N2O. The van der Waals surface area contributed by atoms with Crippen LogP contribution < -0.4 is 4.74 Å². The molecule has 2 aromatic rings. The lowest BCUT2D eigenvalue weighted by atomic mass is 10.0. The van der Waals surface area contributed by atoms with Gasteiger partial charge in [0.1, 0.15) is 5.75 Å². The molecule has 3 heteroatoms. The monoisotopic (exact) mass is 422 g/mol. The zero-order valence-corrected chi connectivity index (χ0v) is 19.6. The van der Waals surface area contributed by atoms with E-state index < -0.39 is 0 Å². The largest absolute Gasteiger partial charge is 0.494 e. The summed E-state index contributed by atoms with van der Waals surface area (Å²) < 4.78 is 5.86. The molecule has 0 aliphatic heterocycles. The van der Waals surface area contributed by atoms with Crippen molar-refractivity contribution in [1.82, 2.24) is 0 Å². The molecule has 0 saturated heterocycles. The van der Waals surface area contributed by atoms with E-state index in [-0.39, 0.29) is 0 Å². The van der Waals surface area contributed by atoms with Crippen molar-refractivity contribution in [2.24, 2.45) is 10.2 Å². The second-order valence-corrected chi connectivity index (χ2v) is 8.47. The summed E-state index contributed by atoms with van der Waals surface area (Å²) in [5.74, 6) is 0.911. The maximum Gasteiger partial charge on any atom is 0.119 e. The van der Waals surface area contributed by atoms with E-state index >= 15 is 0 Å². The van der Waals surface area contributed by atoms with E-state index in [1.807, 2.05) is 54.6 Å². The Kier molecular flexibility index (Phi) is 14.2. The molecule has 2 rings (SSSR count). The van der Waals surface area contributed by atoms with E-state index in [9.17, 15) is 0 Å². The van der Waals surface area contributed by atoms with Gasteiger partial charge in [-0.3, -0.25) is 0 Å². The van der Waals surface area contributed by atoms with Crippen molar-refractivity contribution in [2.75, 3.05) is 6.61 Å². The normalized spacial score (nSPS) is 11.3. The molecule has 0 heterocycles. The predicted molar refractivity (Wildman–Crippen MR) is 133 cm³/mol. The van der Waals surface area contributed by atoms with Crippen LogP contribution in [0.3, 0.4) is 0 Å². The van der Waals surface area contributed by atoms with Crippen molar-refractivity contribution < 1.29 is 4.74 Å². The number of hydrogen-bond donors (Lipinski definition) is 0. The molecule has 0 saturated carbocycles. The first-order valence-corrected chi connectivity index (χ1v) is 12.6. The zero-order valence-electron chi connectivity index (χ0n) is 19.6. The molecule has 0 amide bonds. The summed E-state index contributed by atoms with van der Waals surface area (Å²) in [6.07, 6.45) is 19.3. The van der Waals surface area contributed by atoms with E-state index in [0.717, 1.165) is 30.2 Å². The summed E-state index contributed by atoms with van der Waals surface area (Å²) in [6.45, 7) is 3.08. The molecule has 0 aromatic heterocycles. The standard InChI is InChI=1S/C28H42N2O/c1-2-3-4-5-6-7-8-9-10-11-12-13-14-18-25-31-28-23-21-27(22-24-28)30-29-26-19-16-15-17-20-26/h15-17,19-24H,2-14,18,25H2,1H3. The zero-order chi connectivity index (χ0) is 21.8. The van der Waals surface area contributed by atoms with Crippen molar-refractivity contribution in [3.63, 3.8) is 0 Å². The van der Waals surface area contributed by atoms with Gasteiger partial charge >= 0.3 is 0 Å². The fraction of sp³-hybridized carbons (Fsp3) is 0.571. The van der Waals surface area contributed by atoms with E-state index in [1.165, 1.54) is 83.5 Å². The van der Waals surface area contributed by atoms with Crippen LogP contribution in [0.1, 0.15) is 96.8 Å². The summed E-state index contributed by atoms with van der Waals surface area (Å²) in [4.78, 5) is 0. The number of unbranched alkanes of at least 4 members (excludes halogenated alkanes) is 13. The molecule has 31 heavy (non-hydrogen) atoms. The Morgan fingerprint density at radius 3 is 1.48 bits per heavy atom. The molecule has 0 unspecified atom stereocenters. The lowest BCUT2D eigenvalue weighted by molar-refractivity contribution is 0.304. The summed E-state index contributed by atoms with van der Waals surface area (Å²) >= 11 is 0. The number of nitrogens with zero attached hydrogens (tertiary/aromatic N) is 2. The Balaban J connectivity index is 1.41. The van der Waals surface area contributed by atoms with Crippen molar-refractivity contribution in [3.8, 4) is 5.75 Å². The van der Waals surface area contributed by atoms with E-state index in [1.54, 1.807) is 0 Å². The topological polar surface area (TPSA) is 34.0 Å². The first-order valence-electron chi connectivity index (χ1n) is 12.6. The van der Waals surface area contributed by atoms with Crippen LogP contribution in [0.2, 0.25) is 0 Å². The molecule has 170 valence electrons. The lowest BCUT2D eigenvalue weighted by Crippen LogP contribution is -1.96. The summed E-state index contributed by atoms with van der Waals surface area (Å²) in [6, 6.07) is 17.6. The van der Waals surface area contributed by atoms with Crippen LogP contribution in [0.4, 0.5) is 11.4 Å². The second-order valence-electron chi connectivity index (χ2n) is 8.47. The van der Waals surface area contributed by atoms with Crippen LogP contribution in [-0.4, -0.2) is 6.61 Å². The molecule has 0 fully saturated rings. The van der Waals surface area contributed by atoms with Gasteiger partial charge in [-0.2, -0.15) is 10.2 Å². The number of azo groups is 1. The summed E-state index contributed by atoms with van der Waals surface area (Å²) in [5, 5.41) is 8.50. The molecule has 0 spiro atoms. The minimum atomic E-state index is 0.795. The van der Waals surface area contributed by atoms with Gasteiger partial charge in [0.15, 0.2) is 0 Å². The maximum atomic E-state index is 5.86. The molecule has 0 atom stereocenters. The second kappa shape index (κ2) is 17.5. The highest BCUT2D eigenvalue weighted by Crippen LogP contribution is 2.21. The van der Waals surface area contributed by atoms with Crippen molar-refractivity contribution in [3.05, 3.63) is 54.6 Å². The Labute approximate surface area is 190 Å². The van der Waals surface area contributed by atoms with Gasteiger partial charge in [0.2, 0.25) is 0 Å². The van der Waals surface area contributed by atoms with Gasteiger partial charge in [0, 0.05) is 0 Å². The van der Waals surface area contributed by atoms with Gasteiger partial charge in [-0.05, 0) is 42.8 Å². The minimum Gasteiger partial charge on any atom is -0.494 e. The first kappa shape index (κ1) is 25.1. The van der Waals surface area contributed by atoms with Gasteiger partial charge in [0.05, 0.1) is 18.0 Å². The first-order chi connectivity index (χ1) is 15.4. The fourth-order valence-electron chi connectivity index (χ4n) is 3.71. The quantitative estimate of drug-likeness (QED) is 0.174. The Hall–Kier alpha value is -2.16. The molecule has 0 aliphatic carbocycles. The lowest BCUT2D eigenvalue weighted by Gasteiger charge is -2.06. The molecule has 0 radical (unpaired) electrons.